The quantitative estimate of drug-likeness (QED) is 0.500. The van der Waals surface area contributed by atoms with Crippen molar-refractivity contribution in [2.24, 2.45) is 0 Å². The van der Waals surface area contributed by atoms with Crippen molar-refractivity contribution >= 4 is 42.2 Å². The predicted octanol–water partition coefficient (Wildman–Crippen LogP) is 1.74. The zero-order valence-corrected chi connectivity index (χ0v) is 6.15. The number of aromatic nitrogens is 1. The third kappa shape index (κ3) is 2.97. The van der Waals surface area contributed by atoms with Crippen LogP contribution in [0.2, 0.25) is 0 Å². The topological polar surface area (TPSA) is 12.9 Å². The van der Waals surface area contributed by atoms with E-state index in [1.807, 2.05) is 0 Å². The van der Waals surface area contributed by atoms with E-state index in [1.165, 1.54) is 12.1 Å². The molecule has 1 rings (SSSR count). The summed E-state index contributed by atoms with van der Waals surface area (Å²) in [5.41, 5.74) is -0.941. The van der Waals surface area contributed by atoms with Gasteiger partial charge in [0, 0.05) is 11.1 Å². The molecule has 1 aromatic heterocycles. The van der Waals surface area contributed by atoms with Gasteiger partial charge in [0.2, 0.25) is 0 Å². The molecule has 0 fully saturated rings. The van der Waals surface area contributed by atoms with E-state index in [4.69, 9.17) is 0 Å². The Morgan fingerprint density at radius 2 is 1.92 bits per heavy atom. The van der Waals surface area contributed by atoms with Gasteiger partial charge in [-0.25, -0.2) is 0 Å². The molecule has 0 aromatic carbocycles. The molecule has 0 bridgehead atoms. The fourth-order valence-electron chi connectivity index (χ4n) is 0.615. The molecule has 0 aliphatic carbocycles. The standard InChI is InChI=1S/C6H4F3NS.Na.H/c7-6(8,9)5-4(11)2-1-3-10-5;;/h1-3,11H;;. The molecule has 1 aromatic rings. The Morgan fingerprint density at radius 1 is 1.33 bits per heavy atom. The summed E-state index contributed by atoms with van der Waals surface area (Å²) in [5.74, 6) is 0. The molecular weight excluding hydrogens is 198 g/mol. The summed E-state index contributed by atoms with van der Waals surface area (Å²) in [6, 6.07) is 2.65. The van der Waals surface area contributed by atoms with Gasteiger partial charge in [0.1, 0.15) is 0 Å². The zero-order valence-electron chi connectivity index (χ0n) is 5.26. The van der Waals surface area contributed by atoms with E-state index in [9.17, 15) is 13.2 Å². The van der Waals surface area contributed by atoms with Gasteiger partial charge in [-0.2, -0.15) is 13.2 Å². The SMILES string of the molecule is FC(F)(F)c1ncccc1S.[NaH]. The van der Waals surface area contributed by atoms with E-state index < -0.39 is 11.9 Å². The van der Waals surface area contributed by atoms with Crippen LogP contribution in [-0.2, 0) is 6.18 Å². The van der Waals surface area contributed by atoms with Gasteiger partial charge in [-0.05, 0) is 12.1 Å². The van der Waals surface area contributed by atoms with Crippen LogP contribution in [0.25, 0.3) is 0 Å². The Morgan fingerprint density at radius 3 is 2.25 bits per heavy atom. The Bertz CT molecular complexity index is 263. The van der Waals surface area contributed by atoms with Gasteiger partial charge < -0.3 is 0 Å². The van der Waals surface area contributed by atoms with Gasteiger partial charge in [0.25, 0.3) is 0 Å². The van der Waals surface area contributed by atoms with Crippen molar-refractivity contribution < 1.29 is 13.2 Å². The molecule has 0 radical (unpaired) electrons. The van der Waals surface area contributed by atoms with E-state index in [0.29, 0.717) is 0 Å². The molecule has 1 nitrogen and oxygen atoms in total. The molecule has 0 amide bonds. The van der Waals surface area contributed by atoms with Gasteiger partial charge >= 0.3 is 35.7 Å². The summed E-state index contributed by atoms with van der Waals surface area (Å²) in [6.45, 7) is 0. The molecular formula is C6H5F3NNaS. The van der Waals surface area contributed by atoms with Crippen LogP contribution in [0, 0.1) is 0 Å². The molecule has 0 unspecified atom stereocenters. The van der Waals surface area contributed by atoms with Crippen LogP contribution in [0.3, 0.4) is 0 Å². The van der Waals surface area contributed by atoms with Gasteiger partial charge in [0.05, 0.1) is 0 Å². The van der Waals surface area contributed by atoms with Crippen LogP contribution >= 0.6 is 12.6 Å². The Hall–Kier alpha value is 0.290. The van der Waals surface area contributed by atoms with Crippen LogP contribution in [0.4, 0.5) is 13.2 Å². The van der Waals surface area contributed by atoms with E-state index >= 15 is 0 Å². The zero-order chi connectivity index (χ0) is 8.48. The van der Waals surface area contributed by atoms with Crippen molar-refractivity contribution in [3.8, 4) is 0 Å². The second-order valence-corrected chi connectivity index (χ2v) is 2.35. The van der Waals surface area contributed by atoms with Crippen LogP contribution in [0.15, 0.2) is 23.2 Å². The molecule has 0 N–H and O–H groups in total. The number of halogens is 3. The van der Waals surface area contributed by atoms with Crippen molar-refractivity contribution in [1.29, 1.82) is 0 Å². The van der Waals surface area contributed by atoms with Gasteiger partial charge in [-0.1, -0.05) is 0 Å². The second-order valence-electron chi connectivity index (χ2n) is 1.87. The summed E-state index contributed by atoms with van der Waals surface area (Å²) in [6.07, 6.45) is -3.32. The summed E-state index contributed by atoms with van der Waals surface area (Å²) < 4.78 is 35.8. The minimum absolute atomic E-state index is 0. The Labute approximate surface area is 95.1 Å². The molecule has 0 spiro atoms. The molecule has 12 heavy (non-hydrogen) atoms. The van der Waals surface area contributed by atoms with Crippen molar-refractivity contribution in [2.45, 2.75) is 11.1 Å². The van der Waals surface area contributed by atoms with E-state index in [-0.39, 0.29) is 34.5 Å². The normalized spacial score (nSPS) is 10.7. The van der Waals surface area contributed by atoms with Crippen LogP contribution in [0.1, 0.15) is 5.69 Å². The number of hydrogen-bond acceptors (Lipinski definition) is 2. The average molecular weight is 203 g/mol. The van der Waals surface area contributed by atoms with E-state index in [0.717, 1.165) is 6.20 Å². The third-order valence-electron chi connectivity index (χ3n) is 1.05. The summed E-state index contributed by atoms with van der Waals surface area (Å²) in [7, 11) is 0. The molecule has 1 heterocycles. The Balaban J connectivity index is 0.00000121. The van der Waals surface area contributed by atoms with Crippen LogP contribution in [0.5, 0.6) is 0 Å². The molecule has 0 saturated heterocycles. The van der Waals surface area contributed by atoms with Crippen molar-refractivity contribution in [1.82, 2.24) is 4.98 Å². The second kappa shape index (κ2) is 4.50. The van der Waals surface area contributed by atoms with E-state index in [2.05, 4.69) is 17.6 Å². The summed E-state index contributed by atoms with van der Waals surface area (Å²) in [5, 5.41) is 0. The maximum atomic E-state index is 11.9. The molecule has 62 valence electrons. The van der Waals surface area contributed by atoms with Gasteiger partial charge in [0.15, 0.2) is 5.69 Å². The maximum absolute atomic E-state index is 11.9. The van der Waals surface area contributed by atoms with E-state index in [1.54, 1.807) is 0 Å². The monoisotopic (exact) mass is 203 g/mol. The third-order valence-corrected chi connectivity index (χ3v) is 1.42. The Kier molecular flexibility index (Phi) is 4.61. The predicted molar refractivity (Wildman–Crippen MR) is 43.6 cm³/mol. The molecule has 0 aliphatic heterocycles. The van der Waals surface area contributed by atoms with Crippen molar-refractivity contribution in [3.63, 3.8) is 0 Å². The minimum atomic E-state index is -4.40. The molecule has 0 atom stereocenters. The van der Waals surface area contributed by atoms with Crippen molar-refractivity contribution in [3.05, 3.63) is 24.0 Å². The molecule has 6 heteroatoms. The number of thiol groups is 1. The van der Waals surface area contributed by atoms with Crippen molar-refractivity contribution in [2.75, 3.05) is 0 Å². The first kappa shape index (κ1) is 12.3. The number of hydrogen-bond donors (Lipinski definition) is 1. The summed E-state index contributed by atoms with van der Waals surface area (Å²) >= 11 is 3.61. The number of alkyl halides is 3. The van der Waals surface area contributed by atoms with Crippen LogP contribution in [-0.4, -0.2) is 34.5 Å². The molecule has 0 saturated carbocycles. The number of pyridine rings is 1. The first-order chi connectivity index (χ1) is 5.02. The van der Waals surface area contributed by atoms with Crippen LogP contribution < -0.4 is 0 Å². The van der Waals surface area contributed by atoms with Gasteiger partial charge in [-0.3, -0.25) is 4.98 Å². The molecule has 0 aliphatic rings. The average Bonchev–Trinajstić information content (AvgIpc) is 1.86. The first-order valence-electron chi connectivity index (χ1n) is 2.73. The summed E-state index contributed by atoms with van der Waals surface area (Å²) in [4.78, 5) is 3.00. The fourth-order valence-corrected chi connectivity index (χ4v) is 0.886. The number of rotatable bonds is 0. The first-order valence-corrected chi connectivity index (χ1v) is 3.17. The fraction of sp³-hybridized carbons (Fsp3) is 0.167. The van der Waals surface area contributed by atoms with Gasteiger partial charge in [-0.15, -0.1) is 12.6 Å². The number of nitrogens with zero attached hydrogens (tertiary/aromatic N) is 1.